The zero-order valence-electron chi connectivity index (χ0n) is 16.6. The SMILES string of the molecule is Cc1cc(C)cc(Nc2ccc([N+](=O)[O-])c(NCCN3CCS(=O)(=O)CC3)c2)c1. The van der Waals surface area contributed by atoms with Crippen LogP contribution in [0.3, 0.4) is 0 Å². The quantitative estimate of drug-likeness (QED) is 0.526. The molecule has 1 aliphatic heterocycles. The molecule has 0 unspecified atom stereocenters. The second-order valence-corrected chi connectivity index (χ2v) is 9.71. The predicted molar refractivity (Wildman–Crippen MR) is 116 cm³/mol. The van der Waals surface area contributed by atoms with Crippen molar-refractivity contribution in [2.24, 2.45) is 0 Å². The summed E-state index contributed by atoms with van der Waals surface area (Å²) >= 11 is 0. The third-order valence-corrected chi connectivity index (χ3v) is 6.49. The fraction of sp³-hybridized carbons (Fsp3) is 0.400. The molecule has 29 heavy (non-hydrogen) atoms. The third-order valence-electron chi connectivity index (χ3n) is 4.88. The number of benzene rings is 2. The second-order valence-electron chi connectivity index (χ2n) is 7.41. The Labute approximate surface area is 171 Å². The molecule has 0 atom stereocenters. The van der Waals surface area contributed by atoms with Gasteiger partial charge in [-0.15, -0.1) is 0 Å². The zero-order chi connectivity index (χ0) is 21.0. The summed E-state index contributed by atoms with van der Waals surface area (Å²) in [5.74, 6) is 0.338. The molecule has 1 fully saturated rings. The lowest BCUT2D eigenvalue weighted by molar-refractivity contribution is -0.383. The van der Waals surface area contributed by atoms with Gasteiger partial charge in [-0.05, 0) is 49.2 Å². The Morgan fingerprint density at radius 3 is 2.31 bits per heavy atom. The topological polar surface area (TPSA) is 105 Å². The predicted octanol–water partition coefficient (Wildman–Crippen LogP) is 3.10. The first-order chi connectivity index (χ1) is 13.7. The highest BCUT2D eigenvalue weighted by atomic mass is 32.2. The van der Waals surface area contributed by atoms with Crippen LogP contribution in [-0.4, -0.2) is 55.9 Å². The van der Waals surface area contributed by atoms with Crippen LogP contribution in [0.5, 0.6) is 0 Å². The molecule has 2 aromatic carbocycles. The van der Waals surface area contributed by atoms with Crippen LogP contribution in [-0.2, 0) is 9.84 Å². The van der Waals surface area contributed by atoms with Gasteiger partial charge in [-0.3, -0.25) is 15.0 Å². The molecule has 8 nitrogen and oxygen atoms in total. The molecule has 0 radical (unpaired) electrons. The van der Waals surface area contributed by atoms with E-state index in [1.165, 1.54) is 6.07 Å². The van der Waals surface area contributed by atoms with Crippen molar-refractivity contribution in [1.82, 2.24) is 4.90 Å². The van der Waals surface area contributed by atoms with Crippen LogP contribution < -0.4 is 10.6 Å². The maximum absolute atomic E-state index is 11.5. The summed E-state index contributed by atoms with van der Waals surface area (Å²) in [4.78, 5) is 13.0. The minimum absolute atomic E-state index is 0.0113. The number of nitrogens with zero attached hydrogens (tertiary/aromatic N) is 2. The Balaban J connectivity index is 1.67. The fourth-order valence-electron chi connectivity index (χ4n) is 3.45. The lowest BCUT2D eigenvalue weighted by atomic mass is 10.1. The van der Waals surface area contributed by atoms with E-state index in [-0.39, 0.29) is 17.2 Å². The van der Waals surface area contributed by atoms with Crippen molar-refractivity contribution in [3.63, 3.8) is 0 Å². The van der Waals surface area contributed by atoms with Crippen molar-refractivity contribution < 1.29 is 13.3 Å². The number of nitro groups is 1. The van der Waals surface area contributed by atoms with E-state index in [0.29, 0.717) is 31.9 Å². The molecule has 1 heterocycles. The molecule has 2 N–H and O–H groups in total. The molecular formula is C20H26N4O4S. The maximum atomic E-state index is 11.5. The number of hydrogen-bond acceptors (Lipinski definition) is 7. The molecule has 3 rings (SSSR count). The fourth-order valence-corrected chi connectivity index (χ4v) is 4.73. The van der Waals surface area contributed by atoms with Gasteiger partial charge in [0.2, 0.25) is 0 Å². The molecule has 0 saturated carbocycles. The van der Waals surface area contributed by atoms with Crippen LogP contribution in [0, 0.1) is 24.0 Å². The van der Waals surface area contributed by atoms with Gasteiger partial charge < -0.3 is 10.6 Å². The number of anilines is 3. The minimum atomic E-state index is -2.91. The van der Waals surface area contributed by atoms with Crippen molar-refractivity contribution in [2.75, 3.05) is 48.3 Å². The van der Waals surface area contributed by atoms with Gasteiger partial charge in [0, 0.05) is 43.6 Å². The normalized spacial score (nSPS) is 16.3. The van der Waals surface area contributed by atoms with E-state index < -0.39 is 14.8 Å². The highest BCUT2D eigenvalue weighted by Crippen LogP contribution is 2.29. The molecule has 0 amide bonds. The first kappa shape index (κ1) is 21.1. The lowest BCUT2D eigenvalue weighted by Gasteiger charge is -2.26. The average Bonchev–Trinajstić information content (AvgIpc) is 2.62. The van der Waals surface area contributed by atoms with E-state index in [0.717, 1.165) is 22.5 Å². The summed E-state index contributed by atoms with van der Waals surface area (Å²) in [5.41, 5.74) is 4.41. The summed E-state index contributed by atoms with van der Waals surface area (Å²) in [5, 5.41) is 17.8. The molecule has 0 bridgehead atoms. The third kappa shape index (κ3) is 5.91. The van der Waals surface area contributed by atoms with Crippen molar-refractivity contribution in [3.05, 3.63) is 57.6 Å². The Morgan fingerprint density at radius 1 is 1.03 bits per heavy atom. The molecule has 0 aliphatic carbocycles. The highest BCUT2D eigenvalue weighted by molar-refractivity contribution is 7.91. The van der Waals surface area contributed by atoms with Crippen molar-refractivity contribution >= 4 is 32.6 Å². The van der Waals surface area contributed by atoms with Gasteiger partial charge in [-0.2, -0.15) is 0 Å². The molecule has 1 aliphatic rings. The number of aryl methyl sites for hydroxylation is 2. The molecule has 0 aromatic heterocycles. The summed E-state index contributed by atoms with van der Waals surface area (Å²) in [7, 11) is -2.91. The zero-order valence-corrected chi connectivity index (χ0v) is 17.5. The molecule has 1 saturated heterocycles. The van der Waals surface area contributed by atoms with Crippen LogP contribution >= 0.6 is 0 Å². The number of nitro benzene ring substituents is 1. The Morgan fingerprint density at radius 2 is 1.69 bits per heavy atom. The molecule has 0 spiro atoms. The summed E-state index contributed by atoms with van der Waals surface area (Å²) in [6, 6.07) is 11.0. The Bertz CT molecular complexity index is 973. The van der Waals surface area contributed by atoms with Gasteiger partial charge >= 0.3 is 0 Å². The Kier molecular flexibility index (Phi) is 6.39. The van der Waals surface area contributed by atoms with Crippen molar-refractivity contribution in [1.29, 1.82) is 0 Å². The van der Waals surface area contributed by atoms with E-state index in [1.54, 1.807) is 12.1 Å². The van der Waals surface area contributed by atoms with Crippen LogP contribution in [0.25, 0.3) is 0 Å². The first-order valence-corrected chi connectivity index (χ1v) is 11.3. The van der Waals surface area contributed by atoms with Gasteiger partial charge in [0.05, 0.1) is 16.4 Å². The van der Waals surface area contributed by atoms with E-state index in [9.17, 15) is 18.5 Å². The van der Waals surface area contributed by atoms with Crippen LogP contribution in [0.15, 0.2) is 36.4 Å². The standard InChI is InChI=1S/C20H26N4O4S/c1-15-11-16(2)13-18(12-15)22-17-3-4-20(24(25)26)19(14-17)21-5-6-23-7-9-29(27,28)10-8-23/h3-4,11-14,21-22H,5-10H2,1-2H3. The average molecular weight is 419 g/mol. The number of hydrogen-bond donors (Lipinski definition) is 2. The van der Waals surface area contributed by atoms with E-state index in [2.05, 4.69) is 21.6 Å². The summed E-state index contributed by atoms with van der Waals surface area (Å²) in [6.45, 7) is 6.16. The van der Waals surface area contributed by atoms with E-state index in [1.807, 2.05) is 26.0 Å². The maximum Gasteiger partial charge on any atom is 0.292 e. The Hall–Kier alpha value is -2.65. The van der Waals surface area contributed by atoms with Gasteiger partial charge in [0.15, 0.2) is 9.84 Å². The van der Waals surface area contributed by atoms with Gasteiger partial charge in [0.25, 0.3) is 5.69 Å². The van der Waals surface area contributed by atoms with Gasteiger partial charge in [-0.25, -0.2) is 8.42 Å². The lowest BCUT2D eigenvalue weighted by Crippen LogP contribution is -2.42. The van der Waals surface area contributed by atoms with Crippen molar-refractivity contribution in [2.45, 2.75) is 13.8 Å². The number of rotatable bonds is 7. The minimum Gasteiger partial charge on any atom is -0.378 e. The second kappa shape index (κ2) is 8.79. The van der Waals surface area contributed by atoms with Crippen LogP contribution in [0.2, 0.25) is 0 Å². The molecule has 2 aromatic rings. The smallest absolute Gasteiger partial charge is 0.292 e. The van der Waals surface area contributed by atoms with Gasteiger partial charge in [-0.1, -0.05) is 6.07 Å². The van der Waals surface area contributed by atoms with Gasteiger partial charge in [0.1, 0.15) is 5.69 Å². The van der Waals surface area contributed by atoms with Crippen LogP contribution in [0.4, 0.5) is 22.7 Å². The van der Waals surface area contributed by atoms with E-state index >= 15 is 0 Å². The first-order valence-electron chi connectivity index (χ1n) is 9.52. The largest absolute Gasteiger partial charge is 0.378 e. The number of nitrogens with one attached hydrogen (secondary N) is 2. The molecule has 156 valence electrons. The molecular weight excluding hydrogens is 392 g/mol. The number of sulfone groups is 1. The monoisotopic (exact) mass is 418 g/mol. The van der Waals surface area contributed by atoms with Crippen LogP contribution in [0.1, 0.15) is 11.1 Å². The highest BCUT2D eigenvalue weighted by Gasteiger charge is 2.21. The summed E-state index contributed by atoms with van der Waals surface area (Å²) < 4.78 is 23.0. The molecule has 9 heteroatoms. The van der Waals surface area contributed by atoms with E-state index in [4.69, 9.17) is 0 Å². The summed E-state index contributed by atoms with van der Waals surface area (Å²) in [6.07, 6.45) is 0. The van der Waals surface area contributed by atoms with Crippen molar-refractivity contribution in [3.8, 4) is 0 Å².